The molecule has 1 amide bonds. The maximum absolute atomic E-state index is 13.2. The number of benzene rings is 3. The second-order valence-electron chi connectivity index (χ2n) is 7.25. The number of aryl methyl sites for hydroxylation is 2. The Morgan fingerprint density at radius 2 is 1.74 bits per heavy atom. The van der Waals surface area contributed by atoms with Crippen LogP contribution in [0.4, 0.5) is 21.6 Å². The molecule has 0 aliphatic carbocycles. The molecule has 1 aromatic heterocycles. The molecule has 6 heteroatoms. The maximum Gasteiger partial charge on any atom is 0.255 e. The zero-order chi connectivity index (χ0) is 21.8. The molecule has 0 bridgehead atoms. The minimum atomic E-state index is -0.311. The van der Waals surface area contributed by atoms with Gasteiger partial charge in [-0.25, -0.2) is 14.4 Å². The standard InChI is InChI=1S/C25H21FN4O/c1-16-6-11-22(17(2)14-16)29-25(31)19-4-3-5-21(15-19)28-23-12-13-27-24(30-23)18-7-9-20(26)10-8-18/h3-15H,1-2H3,(H,29,31)(H,27,28,30). The minimum Gasteiger partial charge on any atom is -0.340 e. The van der Waals surface area contributed by atoms with Crippen molar-refractivity contribution in [3.05, 3.63) is 102 Å². The third-order valence-electron chi connectivity index (χ3n) is 4.79. The van der Waals surface area contributed by atoms with E-state index >= 15 is 0 Å². The van der Waals surface area contributed by atoms with Gasteiger partial charge in [0.15, 0.2) is 5.82 Å². The summed E-state index contributed by atoms with van der Waals surface area (Å²) in [7, 11) is 0. The number of rotatable bonds is 5. The van der Waals surface area contributed by atoms with Crippen molar-refractivity contribution in [2.75, 3.05) is 10.6 Å². The van der Waals surface area contributed by atoms with E-state index in [4.69, 9.17) is 0 Å². The summed E-state index contributed by atoms with van der Waals surface area (Å²) in [6, 6.07) is 20.8. The van der Waals surface area contributed by atoms with Crippen LogP contribution in [0.15, 0.2) is 79.0 Å². The van der Waals surface area contributed by atoms with E-state index in [-0.39, 0.29) is 11.7 Å². The van der Waals surface area contributed by atoms with E-state index in [1.807, 2.05) is 38.1 Å². The van der Waals surface area contributed by atoms with Crippen LogP contribution in [0.25, 0.3) is 11.4 Å². The summed E-state index contributed by atoms with van der Waals surface area (Å²) in [6.45, 7) is 3.98. The molecule has 154 valence electrons. The molecular formula is C25H21FN4O. The van der Waals surface area contributed by atoms with E-state index in [1.165, 1.54) is 12.1 Å². The molecule has 0 saturated heterocycles. The van der Waals surface area contributed by atoms with Crippen LogP contribution >= 0.6 is 0 Å². The van der Waals surface area contributed by atoms with Gasteiger partial charge < -0.3 is 10.6 Å². The molecule has 0 spiro atoms. The zero-order valence-corrected chi connectivity index (χ0v) is 17.2. The van der Waals surface area contributed by atoms with Crippen LogP contribution in [0.5, 0.6) is 0 Å². The van der Waals surface area contributed by atoms with E-state index in [2.05, 4.69) is 20.6 Å². The lowest BCUT2D eigenvalue weighted by Gasteiger charge is -2.11. The normalized spacial score (nSPS) is 10.5. The summed E-state index contributed by atoms with van der Waals surface area (Å²) in [5.74, 6) is 0.550. The summed E-state index contributed by atoms with van der Waals surface area (Å²) in [5, 5.41) is 6.16. The summed E-state index contributed by atoms with van der Waals surface area (Å²) >= 11 is 0. The average Bonchev–Trinajstić information content (AvgIpc) is 2.76. The molecule has 0 fully saturated rings. The number of carbonyl (C=O) groups is 1. The summed E-state index contributed by atoms with van der Waals surface area (Å²) in [5.41, 5.74) is 4.90. The van der Waals surface area contributed by atoms with Crippen LogP contribution in [0, 0.1) is 19.7 Å². The van der Waals surface area contributed by atoms with Crippen LogP contribution in [0.1, 0.15) is 21.5 Å². The average molecular weight is 412 g/mol. The van der Waals surface area contributed by atoms with E-state index < -0.39 is 0 Å². The molecule has 2 N–H and O–H groups in total. The summed E-state index contributed by atoms with van der Waals surface area (Å²) < 4.78 is 13.2. The first-order valence-electron chi connectivity index (χ1n) is 9.82. The first-order chi connectivity index (χ1) is 15.0. The van der Waals surface area contributed by atoms with Crippen LogP contribution < -0.4 is 10.6 Å². The lowest BCUT2D eigenvalue weighted by molar-refractivity contribution is 0.102. The minimum absolute atomic E-state index is 0.190. The van der Waals surface area contributed by atoms with Crippen molar-refractivity contribution in [3.8, 4) is 11.4 Å². The molecule has 0 saturated carbocycles. The molecule has 1 heterocycles. The molecule has 5 nitrogen and oxygen atoms in total. The van der Waals surface area contributed by atoms with Crippen molar-refractivity contribution in [1.29, 1.82) is 0 Å². The number of carbonyl (C=O) groups excluding carboxylic acids is 1. The number of anilines is 3. The van der Waals surface area contributed by atoms with Gasteiger partial charge in [0.1, 0.15) is 11.6 Å². The van der Waals surface area contributed by atoms with Gasteiger partial charge in [0.25, 0.3) is 5.91 Å². The van der Waals surface area contributed by atoms with Gasteiger partial charge in [0.05, 0.1) is 0 Å². The van der Waals surface area contributed by atoms with Crippen molar-refractivity contribution in [3.63, 3.8) is 0 Å². The number of nitrogens with one attached hydrogen (secondary N) is 2. The van der Waals surface area contributed by atoms with Crippen molar-refractivity contribution >= 4 is 23.1 Å². The fourth-order valence-corrected chi connectivity index (χ4v) is 3.20. The highest BCUT2D eigenvalue weighted by Crippen LogP contribution is 2.21. The summed E-state index contributed by atoms with van der Waals surface area (Å²) in [4.78, 5) is 21.5. The lowest BCUT2D eigenvalue weighted by Crippen LogP contribution is -2.13. The molecule has 31 heavy (non-hydrogen) atoms. The monoisotopic (exact) mass is 412 g/mol. The predicted molar refractivity (Wildman–Crippen MR) is 121 cm³/mol. The van der Waals surface area contributed by atoms with Gasteiger partial charge in [-0.05, 0) is 74.0 Å². The Morgan fingerprint density at radius 3 is 2.52 bits per heavy atom. The van der Waals surface area contributed by atoms with E-state index in [0.29, 0.717) is 22.8 Å². The highest BCUT2D eigenvalue weighted by atomic mass is 19.1. The number of hydrogen-bond acceptors (Lipinski definition) is 4. The first kappa shape index (κ1) is 20.2. The molecule has 0 aliphatic rings. The number of halogens is 1. The number of nitrogens with zero attached hydrogens (tertiary/aromatic N) is 2. The van der Waals surface area contributed by atoms with Gasteiger partial charge >= 0.3 is 0 Å². The Hall–Kier alpha value is -4.06. The Labute approximate surface area is 180 Å². The first-order valence-corrected chi connectivity index (χ1v) is 9.82. The molecule has 0 radical (unpaired) electrons. The van der Waals surface area contributed by atoms with Crippen molar-refractivity contribution in [2.24, 2.45) is 0 Å². The third-order valence-corrected chi connectivity index (χ3v) is 4.79. The van der Waals surface area contributed by atoms with Gasteiger partial charge in [0.2, 0.25) is 0 Å². The zero-order valence-electron chi connectivity index (χ0n) is 17.2. The Morgan fingerprint density at radius 1 is 0.935 bits per heavy atom. The van der Waals surface area contributed by atoms with Crippen LogP contribution in [-0.2, 0) is 0 Å². The highest BCUT2D eigenvalue weighted by molar-refractivity contribution is 6.05. The van der Waals surface area contributed by atoms with Crippen molar-refractivity contribution < 1.29 is 9.18 Å². The largest absolute Gasteiger partial charge is 0.340 e. The van der Waals surface area contributed by atoms with Crippen molar-refractivity contribution in [2.45, 2.75) is 13.8 Å². The smallest absolute Gasteiger partial charge is 0.255 e. The molecule has 4 rings (SSSR count). The lowest BCUT2D eigenvalue weighted by atomic mass is 10.1. The Balaban J connectivity index is 1.51. The Bertz CT molecular complexity index is 1240. The molecular weight excluding hydrogens is 391 g/mol. The number of amides is 1. The molecule has 0 aliphatic heterocycles. The second kappa shape index (κ2) is 8.75. The quantitative estimate of drug-likeness (QED) is 0.429. The third kappa shape index (κ3) is 4.93. The molecule has 4 aromatic rings. The topological polar surface area (TPSA) is 66.9 Å². The van der Waals surface area contributed by atoms with Gasteiger partial charge in [-0.3, -0.25) is 4.79 Å². The van der Waals surface area contributed by atoms with Gasteiger partial charge in [-0.15, -0.1) is 0 Å². The van der Waals surface area contributed by atoms with E-state index in [0.717, 1.165) is 22.5 Å². The van der Waals surface area contributed by atoms with Crippen molar-refractivity contribution in [1.82, 2.24) is 9.97 Å². The number of hydrogen-bond donors (Lipinski definition) is 2. The maximum atomic E-state index is 13.2. The molecule has 0 atom stereocenters. The summed E-state index contributed by atoms with van der Waals surface area (Å²) in [6.07, 6.45) is 1.63. The SMILES string of the molecule is Cc1ccc(NC(=O)c2cccc(Nc3ccnc(-c4ccc(F)cc4)n3)c2)c(C)c1. The van der Waals surface area contributed by atoms with Gasteiger partial charge in [0, 0.05) is 28.7 Å². The van der Waals surface area contributed by atoms with Crippen LogP contribution in [0.3, 0.4) is 0 Å². The molecule has 3 aromatic carbocycles. The van der Waals surface area contributed by atoms with E-state index in [1.54, 1.807) is 42.6 Å². The highest BCUT2D eigenvalue weighted by Gasteiger charge is 2.10. The fraction of sp³-hybridized carbons (Fsp3) is 0.0800. The number of aromatic nitrogens is 2. The molecule has 0 unspecified atom stereocenters. The predicted octanol–water partition coefficient (Wildman–Crippen LogP) is 5.90. The van der Waals surface area contributed by atoms with Gasteiger partial charge in [-0.2, -0.15) is 0 Å². The van der Waals surface area contributed by atoms with E-state index in [9.17, 15) is 9.18 Å². The second-order valence-corrected chi connectivity index (χ2v) is 7.25. The Kier molecular flexibility index (Phi) is 5.71. The van der Waals surface area contributed by atoms with Crippen LogP contribution in [0.2, 0.25) is 0 Å². The fourth-order valence-electron chi connectivity index (χ4n) is 3.20. The van der Waals surface area contributed by atoms with Gasteiger partial charge in [-0.1, -0.05) is 23.8 Å². The van der Waals surface area contributed by atoms with Crippen LogP contribution in [-0.4, -0.2) is 15.9 Å².